The molecule has 17 heavy (non-hydrogen) atoms. The first-order chi connectivity index (χ1) is 7.91. The zero-order valence-corrected chi connectivity index (χ0v) is 11.5. The van der Waals surface area contributed by atoms with Gasteiger partial charge in [0.1, 0.15) is 5.78 Å². The molecule has 1 rings (SSSR count). The topological polar surface area (TPSA) is 46.2 Å². The van der Waals surface area contributed by atoms with E-state index in [0.717, 1.165) is 25.7 Å². The number of nitrogens with one attached hydrogen (secondary N) is 1. The standard InChI is InChI=1S/C14H25NO2/c1-9(2)13(16)11-5-7-12(8-6-11)14(17)15-10(3)4/h9-12H,5-8H2,1-4H3,(H,15,17). The van der Waals surface area contributed by atoms with E-state index < -0.39 is 0 Å². The Balaban J connectivity index is 2.40. The van der Waals surface area contributed by atoms with Crippen molar-refractivity contribution in [1.29, 1.82) is 0 Å². The predicted octanol–water partition coefficient (Wildman–Crippen LogP) is 2.54. The van der Waals surface area contributed by atoms with E-state index in [1.54, 1.807) is 0 Å². The Kier molecular flexibility index (Phi) is 5.16. The van der Waals surface area contributed by atoms with E-state index in [0.29, 0.717) is 5.78 Å². The summed E-state index contributed by atoms with van der Waals surface area (Å²) in [5, 5.41) is 2.96. The van der Waals surface area contributed by atoms with Gasteiger partial charge in [0.25, 0.3) is 0 Å². The molecule has 1 fully saturated rings. The summed E-state index contributed by atoms with van der Waals surface area (Å²) in [6, 6.07) is 0.206. The molecule has 1 aliphatic rings. The van der Waals surface area contributed by atoms with Crippen molar-refractivity contribution in [2.24, 2.45) is 17.8 Å². The van der Waals surface area contributed by atoms with Crippen LogP contribution in [0.1, 0.15) is 53.4 Å². The van der Waals surface area contributed by atoms with Gasteiger partial charge in [0.2, 0.25) is 5.91 Å². The summed E-state index contributed by atoms with van der Waals surface area (Å²) in [5.41, 5.74) is 0. The molecule has 1 N–H and O–H groups in total. The lowest BCUT2D eigenvalue weighted by Crippen LogP contribution is -2.38. The van der Waals surface area contributed by atoms with Crippen LogP contribution in [0.5, 0.6) is 0 Å². The molecule has 0 aromatic carbocycles. The lowest BCUT2D eigenvalue weighted by Gasteiger charge is -2.28. The fourth-order valence-electron chi connectivity index (χ4n) is 2.51. The van der Waals surface area contributed by atoms with Gasteiger partial charge in [0.05, 0.1) is 0 Å². The van der Waals surface area contributed by atoms with Crippen LogP contribution in [0.3, 0.4) is 0 Å². The Labute approximate surface area is 104 Å². The molecule has 0 aromatic rings. The number of hydrogen-bond acceptors (Lipinski definition) is 2. The highest BCUT2D eigenvalue weighted by molar-refractivity contribution is 5.83. The average molecular weight is 239 g/mol. The zero-order chi connectivity index (χ0) is 13.0. The van der Waals surface area contributed by atoms with Crippen molar-refractivity contribution in [3.8, 4) is 0 Å². The minimum absolute atomic E-state index is 0.119. The van der Waals surface area contributed by atoms with Crippen molar-refractivity contribution in [2.75, 3.05) is 0 Å². The van der Waals surface area contributed by atoms with Crippen LogP contribution in [0.25, 0.3) is 0 Å². The summed E-state index contributed by atoms with van der Waals surface area (Å²) in [7, 11) is 0. The van der Waals surface area contributed by atoms with E-state index in [1.165, 1.54) is 0 Å². The van der Waals surface area contributed by atoms with E-state index in [-0.39, 0.29) is 29.7 Å². The molecular weight excluding hydrogens is 214 g/mol. The minimum atomic E-state index is 0.119. The number of hydrogen-bond donors (Lipinski definition) is 1. The molecule has 3 heteroatoms. The maximum atomic E-state index is 11.9. The van der Waals surface area contributed by atoms with Gasteiger partial charge in [0, 0.05) is 23.8 Å². The molecule has 98 valence electrons. The largest absolute Gasteiger partial charge is 0.354 e. The Hall–Kier alpha value is -0.860. The summed E-state index contributed by atoms with van der Waals surface area (Å²) in [5.74, 6) is 0.968. The van der Waals surface area contributed by atoms with Crippen molar-refractivity contribution < 1.29 is 9.59 Å². The number of carbonyl (C=O) groups is 2. The SMILES string of the molecule is CC(C)NC(=O)C1CCC(C(=O)C(C)C)CC1. The maximum absolute atomic E-state index is 11.9. The lowest BCUT2D eigenvalue weighted by molar-refractivity contribution is -0.131. The second kappa shape index (κ2) is 6.18. The van der Waals surface area contributed by atoms with Crippen molar-refractivity contribution >= 4 is 11.7 Å². The fourth-order valence-corrected chi connectivity index (χ4v) is 2.51. The molecule has 0 aliphatic heterocycles. The summed E-state index contributed by atoms with van der Waals surface area (Å²) < 4.78 is 0. The first-order valence-electron chi connectivity index (χ1n) is 6.76. The van der Waals surface area contributed by atoms with Gasteiger partial charge in [-0.3, -0.25) is 9.59 Å². The molecule has 0 spiro atoms. The highest BCUT2D eigenvalue weighted by atomic mass is 16.2. The van der Waals surface area contributed by atoms with Crippen LogP contribution < -0.4 is 5.32 Å². The van der Waals surface area contributed by atoms with Gasteiger partial charge in [-0.05, 0) is 39.5 Å². The molecular formula is C14H25NO2. The molecule has 0 bridgehead atoms. The Bertz CT molecular complexity index is 276. The molecule has 0 unspecified atom stereocenters. The molecule has 0 saturated heterocycles. The van der Waals surface area contributed by atoms with Crippen LogP contribution in [0.4, 0.5) is 0 Å². The van der Waals surface area contributed by atoms with Crippen LogP contribution >= 0.6 is 0 Å². The van der Waals surface area contributed by atoms with E-state index >= 15 is 0 Å². The van der Waals surface area contributed by atoms with Gasteiger partial charge < -0.3 is 5.32 Å². The second-order valence-electron chi connectivity index (χ2n) is 5.77. The molecule has 1 aliphatic carbocycles. The Morgan fingerprint density at radius 2 is 1.41 bits per heavy atom. The van der Waals surface area contributed by atoms with Gasteiger partial charge in [0.15, 0.2) is 0 Å². The van der Waals surface area contributed by atoms with Gasteiger partial charge in [-0.1, -0.05) is 13.8 Å². The van der Waals surface area contributed by atoms with Crippen molar-refractivity contribution in [2.45, 2.75) is 59.4 Å². The summed E-state index contributed by atoms with van der Waals surface area (Å²) in [6.07, 6.45) is 3.49. The Morgan fingerprint density at radius 3 is 1.82 bits per heavy atom. The van der Waals surface area contributed by atoms with Gasteiger partial charge in [-0.25, -0.2) is 0 Å². The zero-order valence-electron chi connectivity index (χ0n) is 11.5. The fraction of sp³-hybridized carbons (Fsp3) is 0.857. The highest BCUT2D eigenvalue weighted by Gasteiger charge is 2.30. The molecule has 3 nitrogen and oxygen atoms in total. The average Bonchev–Trinajstić information content (AvgIpc) is 2.27. The maximum Gasteiger partial charge on any atom is 0.223 e. The number of Topliss-reactive ketones (excluding diaryl/α,β-unsaturated/α-hetero) is 1. The van der Waals surface area contributed by atoms with Crippen molar-refractivity contribution in [3.63, 3.8) is 0 Å². The molecule has 1 amide bonds. The van der Waals surface area contributed by atoms with Crippen molar-refractivity contribution in [1.82, 2.24) is 5.32 Å². The van der Waals surface area contributed by atoms with Crippen LogP contribution in [-0.2, 0) is 9.59 Å². The quantitative estimate of drug-likeness (QED) is 0.819. The lowest BCUT2D eigenvalue weighted by atomic mass is 9.77. The van der Waals surface area contributed by atoms with E-state index in [1.807, 2.05) is 27.7 Å². The van der Waals surface area contributed by atoms with Crippen LogP contribution in [0.2, 0.25) is 0 Å². The number of rotatable bonds is 4. The minimum Gasteiger partial charge on any atom is -0.354 e. The third kappa shape index (κ3) is 4.14. The monoisotopic (exact) mass is 239 g/mol. The number of amides is 1. The van der Waals surface area contributed by atoms with Crippen LogP contribution in [0.15, 0.2) is 0 Å². The summed E-state index contributed by atoms with van der Waals surface area (Å²) in [6.45, 7) is 7.87. The van der Waals surface area contributed by atoms with Crippen LogP contribution in [-0.4, -0.2) is 17.7 Å². The predicted molar refractivity (Wildman–Crippen MR) is 68.6 cm³/mol. The van der Waals surface area contributed by atoms with E-state index in [9.17, 15) is 9.59 Å². The highest BCUT2D eigenvalue weighted by Crippen LogP contribution is 2.31. The summed E-state index contributed by atoms with van der Waals surface area (Å²) in [4.78, 5) is 23.7. The number of ketones is 1. The molecule has 0 aromatic heterocycles. The van der Waals surface area contributed by atoms with E-state index in [2.05, 4.69) is 5.32 Å². The third-order valence-electron chi connectivity index (χ3n) is 3.50. The molecule has 0 atom stereocenters. The Morgan fingerprint density at radius 1 is 0.941 bits per heavy atom. The summed E-state index contributed by atoms with van der Waals surface area (Å²) >= 11 is 0. The van der Waals surface area contributed by atoms with Crippen LogP contribution in [0, 0.1) is 17.8 Å². The van der Waals surface area contributed by atoms with Crippen molar-refractivity contribution in [3.05, 3.63) is 0 Å². The van der Waals surface area contributed by atoms with Gasteiger partial charge >= 0.3 is 0 Å². The molecule has 0 radical (unpaired) electrons. The smallest absolute Gasteiger partial charge is 0.223 e. The van der Waals surface area contributed by atoms with Gasteiger partial charge in [-0.2, -0.15) is 0 Å². The molecule has 0 heterocycles. The number of carbonyl (C=O) groups excluding carboxylic acids is 2. The molecule has 1 saturated carbocycles. The second-order valence-corrected chi connectivity index (χ2v) is 5.77. The normalized spacial score (nSPS) is 25.1. The first kappa shape index (κ1) is 14.2. The first-order valence-corrected chi connectivity index (χ1v) is 6.76. The van der Waals surface area contributed by atoms with E-state index in [4.69, 9.17) is 0 Å². The third-order valence-corrected chi connectivity index (χ3v) is 3.50. The van der Waals surface area contributed by atoms with Gasteiger partial charge in [-0.15, -0.1) is 0 Å².